The number of hydrogen-bond acceptors (Lipinski definition) is 3. The van der Waals surface area contributed by atoms with Gasteiger partial charge in [-0.05, 0) is 88.6 Å². The second-order valence-electron chi connectivity index (χ2n) is 9.77. The molecule has 35 heavy (non-hydrogen) atoms. The molecule has 2 aromatic carbocycles. The SMILES string of the molecule is C=C(C)C.CC(=O)Cc1ccc(O)c(O)c1.CC/C=C(\C)C/C(=C/CC(C)C)c1ccc(C)cc1. The number of hydrogen-bond donors (Lipinski definition) is 2. The summed E-state index contributed by atoms with van der Waals surface area (Å²) >= 11 is 0. The lowest BCUT2D eigenvalue weighted by Gasteiger charge is -2.10. The van der Waals surface area contributed by atoms with Crippen LogP contribution in [-0.4, -0.2) is 16.0 Å². The highest BCUT2D eigenvalue weighted by Gasteiger charge is 2.04. The van der Waals surface area contributed by atoms with Crippen molar-refractivity contribution in [1.29, 1.82) is 0 Å². The van der Waals surface area contributed by atoms with Crippen molar-refractivity contribution in [2.45, 2.75) is 81.1 Å². The molecule has 0 heterocycles. The minimum Gasteiger partial charge on any atom is -0.504 e. The minimum atomic E-state index is -0.186. The molecule has 2 rings (SSSR count). The van der Waals surface area contributed by atoms with Gasteiger partial charge in [0.2, 0.25) is 0 Å². The largest absolute Gasteiger partial charge is 0.504 e. The van der Waals surface area contributed by atoms with Gasteiger partial charge in [0.1, 0.15) is 5.78 Å². The first-order valence-corrected chi connectivity index (χ1v) is 12.4. The van der Waals surface area contributed by atoms with E-state index in [-0.39, 0.29) is 23.7 Å². The van der Waals surface area contributed by atoms with Gasteiger partial charge in [-0.15, -0.1) is 6.58 Å². The second kappa shape index (κ2) is 17.4. The Labute approximate surface area is 213 Å². The predicted octanol–water partition coefficient (Wildman–Crippen LogP) is 8.98. The lowest BCUT2D eigenvalue weighted by molar-refractivity contribution is -0.116. The van der Waals surface area contributed by atoms with Crippen LogP contribution in [0.4, 0.5) is 0 Å². The molecular weight excluding hydrogens is 432 g/mol. The first-order valence-electron chi connectivity index (χ1n) is 12.4. The summed E-state index contributed by atoms with van der Waals surface area (Å²) in [6.07, 6.45) is 8.39. The maximum absolute atomic E-state index is 10.7. The Hall–Kier alpha value is -3.07. The molecular formula is C32H46O3. The number of allylic oxidation sites excluding steroid dienone is 5. The number of phenols is 2. The topological polar surface area (TPSA) is 57.5 Å². The lowest BCUT2D eigenvalue weighted by atomic mass is 9.95. The van der Waals surface area contributed by atoms with Crippen molar-refractivity contribution in [1.82, 2.24) is 0 Å². The van der Waals surface area contributed by atoms with Gasteiger partial charge in [0.25, 0.3) is 0 Å². The van der Waals surface area contributed by atoms with Gasteiger partial charge in [0, 0.05) is 6.42 Å². The van der Waals surface area contributed by atoms with Crippen LogP contribution in [0.2, 0.25) is 0 Å². The van der Waals surface area contributed by atoms with Crippen molar-refractivity contribution in [2.24, 2.45) is 5.92 Å². The Morgan fingerprint density at radius 3 is 1.97 bits per heavy atom. The fourth-order valence-corrected chi connectivity index (χ4v) is 3.13. The van der Waals surface area contributed by atoms with E-state index < -0.39 is 0 Å². The number of aromatic hydroxyl groups is 2. The number of aryl methyl sites for hydroxylation is 1. The molecule has 0 saturated carbocycles. The molecule has 0 radical (unpaired) electrons. The Kier molecular flexibility index (Phi) is 15.9. The Morgan fingerprint density at radius 2 is 1.51 bits per heavy atom. The molecule has 3 heteroatoms. The third-order valence-corrected chi connectivity index (χ3v) is 4.77. The third kappa shape index (κ3) is 16.2. The van der Waals surface area contributed by atoms with Gasteiger partial charge in [-0.2, -0.15) is 0 Å². The number of benzene rings is 2. The number of phenolic OH excluding ortho intramolecular Hbond substituents is 2. The molecule has 0 aliphatic heterocycles. The average molecular weight is 479 g/mol. The number of Topliss-reactive ketones (excluding diaryl/α,β-unsaturated/α-hetero) is 1. The maximum Gasteiger partial charge on any atom is 0.157 e. The van der Waals surface area contributed by atoms with E-state index in [0.717, 1.165) is 25.2 Å². The molecule has 2 N–H and O–H groups in total. The summed E-state index contributed by atoms with van der Waals surface area (Å²) in [5, 5.41) is 18.0. The van der Waals surface area contributed by atoms with Crippen LogP contribution in [0, 0.1) is 12.8 Å². The summed E-state index contributed by atoms with van der Waals surface area (Å²) in [6.45, 7) is 20.1. The lowest BCUT2D eigenvalue weighted by Crippen LogP contribution is -1.95. The van der Waals surface area contributed by atoms with Gasteiger partial charge in [-0.1, -0.05) is 80.0 Å². The minimum absolute atomic E-state index is 0.0279. The smallest absolute Gasteiger partial charge is 0.157 e. The van der Waals surface area contributed by atoms with Crippen molar-refractivity contribution >= 4 is 11.4 Å². The summed E-state index contributed by atoms with van der Waals surface area (Å²) < 4.78 is 0. The summed E-state index contributed by atoms with van der Waals surface area (Å²) in [7, 11) is 0. The zero-order valence-electron chi connectivity index (χ0n) is 23.1. The zero-order valence-corrected chi connectivity index (χ0v) is 23.1. The van der Waals surface area contributed by atoms with Crippen molar-refractivity contribution < 1.29 is 15.0 Å². The highest BCUT2D eigenvalue weighted by atomic mass is 16.3. The number of carbonyl (C=O) groups is 1. The standard InChI is InChI=1S/C19H28.C9H10O3.C4H8/c1-6-7-17(5)14-19(11-8-15(2)3)18-12-9-16(4)10-13-18;1-6(10)4-7-2-3-8(11)9(12)5-7;1-4(2)3/h7,9-13,15H,6,8,14H2,1-5H3;2-3,5,11-12H,4H2,1H3;1H2,2-3H3/b17-7+,19-11-;;. The molecule has 3 nitrogen and oxygen atoms in total. The van der Waals surface area contributed by atoms with E-state index in [1.807, 2.05) is 13.8 Å². The molecule has 2 aromatic rings. The van der Waals surface area contributed by atoms with E-state index in [1.54, 1.807) is 6.07 Å². The monoisotopic (exact) mass is 478 g/mol. The molecule has 0 aliphatic rings. The molecule has 0 unspecified atom stereocenters. The van der Waals surface area contributed by atoms with E-state index in [0.29, 0.717) is 5.56 Å². The van der Waals surface area contributed by atoms with E-state index in [9.17, 15) is 4.79 Å². The van der Waals surface area contributed by atoms with Crippen LogP contribution in [0.5, 0.6) is 11.5 Å². The van der Waals surface area contributed by atoms with Gasteiger partial charge in [-0.25, -0.2) is 0 Å². The van der Waals surface area contributed by atoms with Crippen LogP contribution in [0.15, 0.2) is 72.3 Å². The van der Waals surface area contributed by atoms with E-state index >= 15 is 0 Å². The Bertz CT molecular complexity index is 972. The Balaban J connectivity index is 0.000000614. The van der Waals surface area contributed by atoms with Gasteiger partial charge >= 0.3 is 0 Å². The molecule has 192 valence electrons. The van der Waals surface area contributed by atoms with Crippen LogP contribution in [0.3, 0.4) is 0 Å². The van der Waals surface area contributed by atoms with Gasteiger partial charge in [0.05, 0.1) is 0 Å². The summed E-state index contributed by atoms with van der Waals surface area (Å²) in [5.74, 6) is 0.395. The molecule has 0 amide bonds. The van der Waals surface area contributed by atoms with E-state index in [1.165, 1.54) is 46.9 Å². The van der Waals surface area contributed by atoms with Crippen molar-refractivity contribution in [3.63, 3.8) is 0 Å². The predicted molar refractivity (Wildman–Crippen MR) is 152 cm³/mol. The van der Waals surface area contributed by atoms with Crippen LogP contribution >= 0.6 is 0 Å². The highest BCUT2D eigenvalue weighted by Crippen LogP contribution is 2.25. The third-order valence-electron chi connectivity index (χ3n) is 4.77. The average Bonchev–Trinajstić information content (AvgIpc) is 2.74. The van der Waals surface area contributed by atoms with Crippen LogP contribution in [0.25, 0.3) is 5.57 Å². The zero-order chi connectivity index (χ0) is 27.0. The fraction of sp³-hybridized carbons (Fsp3) is 0.406. The van der Waals surface area contributed by atoms with Crippen molar-refractivity contribution in [3.8, 4) is 11.5 Å². The van der Waals surface area contributed by atoms with Gasteiger partial charge in [-0.3, -0.25) is 4.79 Å². The fourth-order valence-electron chi connectivity index (χ4n) is 3.13. The molecule has 0 bridgehead atoms. The number of rotatable bonds is 8. The normalized spacial score (nSPS) is 11.2. The molecule has 0 atom stereocenters. The molecule has 0 fully saturated rings. The van der Waals surface area contributed by atoms with E-state index in [4.69, 9.17) is 10.2 Å². The van der Waals surface area contributed by atoms with Gasteiger partial charge in [0.15, 0.2) is 11.5 Å². The Morgan fingerprint density at radius 1 is 0.943 bits per heavy atom. The second-order valence-corrected chi connectivity index (χ2v) is 9.77. The summed E-state index contributed by atoms with van der Waals surface area (Å²) in [6, 6.07) is 13.3. The van der Waals surface area contributed by atoms with Crippen molar-refractivity contribution in [3.05, 3.63) is 89.0 Å². The van der Waals surface area contributed by atoms with Crippen molar-refractivity contribution in [2.75, 3.05) is 0 Å². The first kappa shape index (κ1) is 31.9. The maximum atomic E-state index is 10.7. The molecule has 0 spiro atoms. The summed E-state index contributed by atoms with van der Waals surface area (Å²) in [4.78, 5) is 10.7. The van der Waals surface area contributed by atoms with Crippen LogP contribution in [-0.2, 0) is 11.2 Å². The highest BCUT2D eigenvalue weighted by molar-refractivity contribution is 5.78. The van der Waals surface area contributed by atoms with Crippen LogP contribution in [0.1, 0.15) is 84.4 Å². The first-order chi connectivity index (χ1) is 16.3. The number of carbonyl (C=O) groups excluding carboxylic acids is 1. The van der Waals surface area contributed by atoms with E-state index in [2.05, 4.69) is 77.6 Å². The molecule has 0 saturated heterocycles. The van der Waals surface area contributed by atoms with Gasteiger partial charge < -0.3 is 10.2 Å². The quantitative estimate of drug-likeness (QED) is 0.294. The molecule has 0 aromatic heterocycles. The summed E-state index contributed by atoms with van der Waals surface area (Å²) in [5.41, 5.74) is 7.51. The van der Waals surface area contributed by atoms with Crippen LogP contribution < -0.4 is 0 Å². The number of ketones is 1. The molecule has 0 aliphatic carbocycles.